The molecule has 0 spiro atoms. The van der Waals surface area contributed by atoms with Crippen LogP contribution in [-0.4, -0.2) is 32.8 Å². The molecule has 0 atom stereocenters. The van der Waals surface area contributed by atoms with Gasteiger partial charge in [-0.1, -0.05) is 0 Å². The number of non-ortho nitro benzene ring substituents is 1. The third-order valence-electron chi connectivity index (χ3n) is 2.83. The first-order valence-corrected chi connectivity index (χ1v) is 6.70. The van der Waals surface area contributed by atoms with Gasteiger partial charge in [-0.15, -0.1) is 0 Å². The maximum absolute atomic E-state index is 10.9. The lowest BCUT2D eigenvalue weighted by Gasteiger charge is -2.09. The van der Waals surface area contributed by atoms with Gasteiger partial charge in [-0.25, -0.2) is 4.98 Å². The van der Waals surface area contributed by atoms with Gasteiger partial charge < -0.3 is 10.6 Å². The zero-order valence-corrected chi connectivity index (χ0v) is 12.0. The Morgan fingerprint density at radius 3 is 2.57 bits per heavy atom. The standard InChI is InChI=1S/C13H18N6O2/c1-3-14-10-6-11(8-12(7-10)19(20)21)15-5-4-13-16-9-18(2)17-13/h6-9,14-15H,3-5H2,1-2H3. The number of nitrogens with one attached hydrogen (secondary N) is 2. The zero-order chi connectivity index (χ0) is 15.2. The molecule has 0 bridgehead atoms. The largest absolute Gasteiger partial charge is 0.385 e. The van der Waals surface area contributed by atoms with Gasteiger partial charge in [0.15, 0.2) is 5.82 Å². The fourth-order valence-electron chi connectivity index (χ4n) is 1.94. The lowest BCUT2D eigenvalue weighted by atomic mass is 10.2. The second-order valence-electron chi connectivity index (χ2n) is 4.57. The molecule has 1 aromatic carbocycles. The summed E-state index contributed by atoms with van der Waals surface area (Å²) in [5.74, 6) is 0.738. The molecule has 2 rings (SSSR count). The van der Waals surface area contributed by atoms with E-state index in [4.69, 9.17) is 0 Å². The van der Waals surface area contributed by atoms with Crippen LogP contribution in [0.15, 0.2) is 24.5 Å². The van der Waals surface area contributed by atoms with Crippen LogP contribution < -0.4 is 10.6 Å². The molecule has 1 aromatic heterocycles. The van der Waals surface area contributed by atoms with Crippen molar-refractivity contribution in [1.29, 1.82) is 0 Å². The maximum Gasteiger partial charge on any atom is 0.273 e. The summed E-state index contributed by atoms with van der Waals surface area (Å²) in [4.78, 5) is 14.7. The first-order chi connectivity index (χ1) is 10.1. The van der Waals surface area contributed by atoms with Gasteiger partial charge in [-0.3, -0.25) is 14.8 Å². The van der Waals surface area contributed by atoms with Crippen molar-refractivity contribution in [3.8, 4) is 0 Å². The fourth-order valence-corrected chi connectivity index (χ4v) is 1.94. The van der Waals surface area contributed by atoms with Gasteiger partial charge in [0.25, 0.3) is 5.69 Å². The zero-order valence-electron chi connectivity index (χ0n) is 12.0. The number of benzene rings is 1. The Morgan fingerprint density at radius 1 is 1.29 bits per heavy atom. The van der Waals surface area contributed by atoms with Crippen LogP contribution in [0.2, 0.25) is 0 Å². The van der Waals surface area contributed by atoms with Gasteiger partial charge in [0.2, 0.25) is 0 Å². The second-order valence-corrected chi connectivity index (χ2v) is 4.57. The molecule has 0 aliphatic carbocycles. The number of rotatable bonds is 7. The number of aromatic nitrogens is 3. The van der Waals surface area contributed by atoms with Crippen LogP contribution in [0.25, 0.3) is 0 Å². The Labute approximate surface area is 122 Å². The highest BCUT2D eigenvalue weighted by Crippen LogP contribution is 2.24. The van der Waals surface area contributed by atoms with Crippen LogP contribution in [0.1, 0.15) is 12.7 Å². The van der Waals surface area contributed by atoms with E-state index in [2.05, 4.69) is 20.7 Å². The van der Waals surface area contributed by atoms with Gasteiger partial charge in [0.1, 0.15) is 6.33 Å². The van der Waals surface area contributed by atoms with E-state index < -0.39 is 4.92 Å². The second kappa shape index (κ2) is 6.69. The molecule has 8 nitrogen and oxygen atoms in total. The molecular weight excluding hydrogens is 272 g/mol. The SMILES string of the molecule is CCNc1cc(NCCc2ncn(C)n2)cc([N+](=O)[O-])c1. The number of nitrogens with zero attached hydrogens (tertiary/aromatic N) is 4. The Morgan fingerprint density at radius 2 is 2.00 bits per heavy atom. The molecule has 2 N–H and O–H groups in total. The number of hydrogen-bond acceptors (Lipinski definition) is 6. The number of aryl methyl sites for hydroxylation is 1. The Bertz CT molecular complexity index is 625. The normalized spacial score (nSPS) is 10.4. The molecule has 2 aromatic rings. The van der Waals surface area contributed by atoms with Crippen molar-refractivity contribution in [1.82, 2.24) is 14.8 Å². The monoisotopic (exact) mass is 290 g/mol. The van der Waals surface area contributed by atoms with Crippen molar-refractivity contribution >= 4 is 17.1 Å². The third kappa shape index (κ3) is 4.16. The summed E-state index contributed by atoms with van der Waals surface area (Å²) in [6.07, 6.45) is 2.30. The molecule has 8 heteroatoms. The molecule has 0 unspecified atom stereocenters. The highest BCUT2D eigenvalue weighted by atomic mass is 16.6. The van der Waals surface area contributed by atoms with Crippen LogP contribution in [-0.2, 0) is 13.5 Å². The first-order valence-electron chi connectivity index (χ1n) is 6.70. The molecule has 0 fully saturated rings. The average Bonchev–Trinajstić information content (AvgIpc) is 2.84. The minimum atomic E-state index is -0.397. The van der Waals surface area contributed by atoms with E-state index in [0.717, 1.165) is 11.5 Å². The van der Waals surface area contributed by atoms with Crippen molar-refractivity contribution < 1.29 is 4.92 Å². The maximum atomic E-state index is 10.9. The van der Waals surface area contributed by atoms with Crippen molar-refractivity contribution in [2.45, 2.75) is 13.3 Å². The van der Waals surface area contributed by atoms with Gasteiger partial charge in [0, 0.05) is 50.1 Å². The number of anilines is 2. The highest BCUT2D eigenvalue weighted by molar-refractivity contribution is 5.63. The summed E-state index contributed by atoms with van der Waals surface area (Å²) in [6.45, 7) is 3.26. The van der Waals surface area contributed by atoms with Crippen LogP contribution in [0.3, 0.4) is 0 Å². The van der Waals surface area contributed by atoms with E-state index >= 15 is 0 Å². The molecule has 0 amide bonds. The minimum Gasteiger partial charge on any atom is -0.385 e. The van der Waals surface area contributed by atoms with E-state index in [1.807, 2.05) is 20.0 Å². The van der Waals surface area contributed by atoms with Crippen LogP contribution in [0, 0.1) is 10.1 Å². The lowest BCUT2D eigenvalue weighted by molar-refractivity contribution is -0.384. The fraction of sp³-hybridized carbons (Fsp3) is 0.385. The summed E-state index contributed by atoms with van der Waals surface area (Å²) in [5.41, 5.74) is 1.49. The Hall–Kier alpha value is -2.64. The summed E-state index contributed by atoms with van der Waals surface area (Å²) in [7, 11) is 1.81. The number of hydrogen-bond donors (Lipinski definition) is 2. The van der Waals surface area contributed by atoms with Gasteiger partial charge >= 0.3 is 0 Å². The summed E-state index contributed by atoms with van der Waals surface area (Å²) in [5, 5.41) is 21.4. The summed E-state index contributed by atoms with van der Waals surface area (Å²) >= 11 is 0. The molecule has 112 valence electrons. The molecule has 0 radical (unpaired) electrons. The highest BCUT2D eigenvalue weighted by Gasteiger charge is 2.09. The number of nitro benzene ring substituents is 1. The molecule has 0 saturated heterocycles. The van der Waals surface area contributed by atoms with Gasteiger partial charge in [-0.2, -0.15) is 5.10 Å². The third-order valence-corrected chi connectivity index (χ3v) is 2.83. The van der Waals surface area contributed by atoms with E-state index in [9.17, 15) is 10.1 Å². The predicted molar refractivity (Wildman–Crippen MR) is 80.5 cm³/mol. The topological polar surface area (TPSA) is 97.9 Å². The summed E-state index contributed by atoms with van der Waals surface area (Å²) < 4.78 is 1.64. The molecule has 0 aliphatic heterocycles. The van der Waals surface area contributed by atoms with Crippen molar-refractivity contribution in [2.75, 3.05) is 23.7 Å². The average molecular weight is 290 g/mol. The van der Waals surface area contributed by atoms with E-state index in [0.29, 0.717) is 25.2 Å². The Balaban J connectivity index is 2.02. The molecule has 1 heterocycles. The van der Waals surface area contributed by atoms with Crippen LogP contribution in [0.5, 0.6) is 0 Å². The Kier molecular flexibility index (Phi) is 4.70. The predicted octanol–water partition coefficient (Wildman–Crippen LogP) is 1.81. The van der Waals surface area contributed by atoms with E-state index in [1.165, 1.54) is 12.1 Å². The lowest BCUT2D eigenvalue weighted by Crippen LogP contribution is -2.07. The van der Waals surface area contributed by atoms with Crippen molar-refractivity contribution in [3.63, 3.8) is 0 Å². The molecule has 0 aliphatic rings. The minimum absolute atomic E-state index is 0.0620. The van der Waals surface area contributed by atoms with Crippen LogP contribution >= 0.6 is 0 Å². The number of nitro groups is 1. The summed E-state index contributed by atoms with van der Waals surface area (Å²) in [6, 6.07) is 4.89. The van der Waals surface area contributed by atoms with Crippen LogP contribution in [0.4, 0.5) is 17.1 Å². The van der Waals surface area contributed by atoms with Gasteiger partial charge in [-0.05, 0) is 13.0 Å². The van der Waals surface area contributed by atoms with E-state index in [1.54, 1.807) is 11.0 Å². The first kappa shape index (κ1) is 14.8. The smallest absolute Gasteiger partial charge is 0.273 e. The molecule has 0 saturated carbocycles. The van der Waals surface area contributed by atoms with E-state index in [-0.39, 0.29) is 5.69 Å². The molecular formula is C13H18N6O2. The van der Waals surface area contributed by atoms with Crippen molar-refractivity contribution in [3.05, 3.63) is 40.5 Å². The quantitative estimate of drug-likeness (QED) is 0.596. The van der Waals surface area contributed by atoms with Crippen molar-refractivity contribution in [2.24, 2.45) is 7.05 Å². The molecule has 21 heavy (non-hydrogen) atoms. The van der Waals surface area contributed by atoms with Gasteiger partial charge in [0.05, 0.1) is 4.92 Å².